The molecule has 106 valence electrons. The number of hydrogen-bond acceptors (Lipinski definition) is 3. The van der Waals surface area contributed by atoms with Gasteiger partial charge in [-0.2, -0.15) is 0 Å². The number of benzene rings is 1. The van der Waals surface area contributed by atoms with Crippen LogP contribution in [0.2, 0.25) is 5.02 Å². The third-order valence-corrected chi connectivity index (χ3v) is 4.89. The van der Waals surface area contributed by atoms with Gasteiger partial charge in [0, 0.05) is 10.6 Å². The fourth-order valence-electron chi connectivity index (χ4n) is 3.15. The summed E-state index contributed by atoms with van der Waals surface area (Å²) in [6.07, 6.45) is 3.58. The molecule has 0 aliphatic carbocycles. The lowest BCUT2D eigenvalue weighted by Gasteiger charge is -2.44. The predicted octanol–water partition coefficient (Wildman–Crippen LogP) is 3.11. The van der Waals surface area contributed by atoms with Crippen LogP contribution >= 0.6 is 11.6 Å². The fraction of sp³-hybridized carbons (Fsp3) is 0.600. The zero-order chi connectivity index (χ0) is 13.9. The third-order valence-electron chi connectivity index (χ3n) is 4.55. The molecule has 0 saturated carbocycles. The molecule has 0 aromatic heterocycles. The van der Waals surface area contributed by atoms with E-state index in [1.807, 2.05) is 18.2 Å². The van der Waals surface area contributed by atoms with Crippen LogP contribution in [0, 0.1) is 0 Å². The van der Waals surface area contributed by atoms with Crippen molar-refractivity contribution in [3.63, 3.8) is 0 Å². The zero-order valence-electron chi connectivity index (χ0n) is 11.8. The van der Waals surface area contributed by atoms with Gasteiger partial charge in [-0.15, -0.1) is 0 Å². The van der Waals surface area contributed by atoms with Crippen LogP contribution in [0.25, 0.3) is 0 Å². The summed E-state index contributed by atoms with van der Waals surface area (Å²) in [6, 6.07) is 8.02. The van der Waals surface area contributed by atoms with Gasteiger partial charge in [0.05, 0.1) is 6.04 Å². The molecule has 1 heterocycles. The number of nitrogens with one attached hydrogen (secondary N) is 1. The molecule has 0 amide bonds. The van der Waals surface area contributed by atoms with E-state index in [0.717, 1.165) is 30.1 Å². The highest BCUT2D eigenvalue weighted by Crippen LogP contribution is 2.38. The molecular formula is C15H24ClN3. The van der Waals surface area contributed by atoms with E-state index in [-0.39, 0.29) is 11.6 Å². The number of hydrogen-bond donors (Lipinski definition) is 2. The van der Waals surface area contributed by atoms with Gasteiger partial charge in [-0.1, -0.05) is 36.7 Å². The molecule has 2 unspecified atom stereocenters. The van der Waals surface area contributed by atoms with Gasteiger partial charge in [0.25, 0.3) is 0 Å². The molecule has 0 radical (unpaired) electrons. The smallest absolute Gasteiger partial charge is 0.0655 e. The van der Waals surface area contributed by atoms with Crippen LogP contribution in [0.1, 0.15) is 44.7 Å². The summed E-state index contributed by atoms with van der Waals surface area (Å²) in [4.78, 5) is 2.54. The van der Waals surface area contributed by atoms with E-state index < -0.39 is 0 Å². The standard InChI is InChI=1S/C15H24ClN3/c1-3-15(2,19-10-6-7-11-19)14(18-17)12-8-4-5-9-13(12)16/h4-5,8-9,14,18H,3,6-7,10-11,17H2,1-2H3. The average molecular weight is 282 g/mol. The molecule has 0 bridgehead atoms. The number of likely N-dealkylation sites (tertiary alicyclic amines) is 1. The maximum Gasteiger partial charge on any atom is 0.0655 e. The van der Waals surface area contributed by atoms with E-state index in [1.54, 1.807) is 0 Å². The van der Waals surface area contributed by atoms with Crippen molar-refractivity contribution in [2.45, 2.75) is 44.7 Å². The molecule has 0 spiro atoms. The Balaban J connectivity index is 2.35. The molecule has 1 aliphatic rings. The molecule has 3 N–H and O–H groups in total. The van der Waals surface area contributed by atoms with Crippen LogP contribution < -0.4 is 11.3 Å². The molecule has 3 nitrogen and oxygen atoms in total. The van der Waals surface area contributed by atoms with Crippen molar-refractivity contribution >= 4 is 11.6 Å². The number of halogens is 1. The van der Waals surface area contributed by atoms with Crippen LogP contribution in [0.5, 0.6) is 0 Å². The molecule has 2 atom stereocenters. The van der Waals surface area contributed by atoms with Gasteiger partial charge >= 0.3 is 0 Å². The topological polar surface area (TPSA) is 41.3 Å². The Morgan fingerprint density at radius 3 is 2.53 bits per heavy atom. The summed E-state index contributed by atoms with van der Waals surface area (Å²) in [5.41, 5.74) is 4.08. The molecule has 1 fully saturated rings. The summed E-state index contributed by atoms with van der Waals surface area (Å²) in [5, 5.41) is 0.782. The first-order valence-electron chi connectivity index (χ1n) is 7.09. The van der Waals surface area contributed by atoms with Gasteiger partial charge in [-0.25, -0.2) is 0 Å². The SMILES string of the molecule is CCC(C)(C(NN)c1ccccc1Cl)N1CCCC1. The highest BCUT2D eigenvalue weighted by Gasteiger charge is 2.40. The van der Waals surface area contributed by atoms with Gasteiger partial charge in [0.2, 0.25) is 0 Å². The third kappa shape index (κ3) is 2.79. The van der Waals surface area contributed by atoms with Gasteiger partial charge < -0.3 is 0 Å². The van der Waals surface area contributed by atoms with Crippen molar-refractivity contribution in [3.8, 4) is 0 Å². The van der Waals surface area contributed by atoms with Crippen LogP contribution in [-0.4, -0.2) is 23.5 Å². The number of rotatable bonds is 5. The quantitative estimate of drug-likeness (QED) is 0.644. The fourth-order valence-corrected chi connectivity index (χ4v) is 3.40. The Morgan fingerprint density at radius 1 is 1.37 bits per heavy atom. The van der Waals surface area contributed by atoms with Crippen LogP contribution in [0.3, 0.4) is 0 Å². The minimum absolute atomic E-state index is 0.00373. The molecule has 1 aromatic rings. The number of nitrogens with two attached hydrogens (primary N) is 1. The Morgan fingerprint density at radius 2 is 2.00 bits per heavy atom. The molecule has 19 heavy (non-hydrogen) atoms. The maximum absolute atomic E-state index is 6.35. The molecule has 1 aliphatic heterocycles. The van der Waals surface area contributed by atoms with Crippen molar-refractivity contribution < 1.29 is 0 Å². The summed E-state index contributed by atoms with van der Waals surface area (Å²) in [6.45, 7) is 6.80. The van der Waals surface area contributed by atoms with E-state index in [2.05, 4.69) is 30.2 Å². The van der Waals surface area contributed by atoms with E-state index in [4.69, 9.17) is 17.4 Å². The minimum Gasteiger partial charge on any atom is -0.296 e. The lowest BCUT2D eigenvalue weighted by atomic mass is 9.83. The van der Waals surface area contributed by atoms with Gasteiger partial charge in [0.15, 0.2) is 0 Å². The number of nitrogens with zero attached hydrogens (tertiary/aromatic N) is 1. The Hall–Kier alpha value is -0.610. The Labute approximate surface area is 121 Å². The van der Waals surface area contributed by atoms with E-state index in [0.29, 0.717) is 0 Å². The highest BCUT2D eigenvalue weighted by atomic mass is 35.5. The highest BCUT2D eigenvalue weighted by molar-refractivity contribution is 6.31. The minimum atomic E-state index is -0.00373. The second kappa shape index (κ2) is 6.23. The predicted molar refractivity (Wildman–Crippen MR) is 81.0 cm³/mol. The van der Waals surface area contributed by atoms with Gasteiger partial charge in [0.1, 0.15) is 0 Å². The second-order valence-electron chi connectivity index (χ2n) is 5.53. The second-order valence-corrected chi connectivity index (χ2v) is 5.93. The molecule has 2 rings (SSSR count). The van der Waals surface area contributed by atoms with Crippen LogP contribution in [0.4, 0.5) is 0 Å². The van der Waals surface area contributed by atoms with Gasteiger partial charge in [-0.05, 0) is 50.9 Å². The lowest BCUT2D eigenvalue weighted by Crippen LogP contribution is -2.54. The van der Waals surface area contributed by atoms with Crippen LogP contribution in [-0.2, 0) is 0 Å². The van der Waals surface area contributed by atoms with E-state index >= 15 is 0 Å². The summed E-state index contributed by atoms with van der Waals surface area (Å²) >= 11 is 6.35. The van der Waals surface area contributed by atoms with Crippen LogP contribution in [0.15, 0.2) is 24.3 Å². The van der Waals surface area contributed by atoms with Crippen molar-refractivity contribution in [1.29, 1.82) is 0 Å². The Bertz CT molecular complexity index is 418. The molecular weight excluding hydrogens is 258 g/mol. The first-order valence-corrected chi connectivity index (χ1v) is 7.47. The molecule has 4 heteroatoms. The van der Waals surface area contributed by atoms with Crippen molar-refractivity contribution in [3.05, 3.63) is 34.9 Å². The van der Waals surface area contributed by atoms with Crippen molar-refractivity contribution in [2.75, 3.05) is 13.1 Å². The first-order chi connectivity index (χ1) is 9.13. The summed E-state index contributed by atoms with van der Waals surface area (Å²) in [5.74, 6) is 5.87. The summed E-state index contributed by atoms with van der Waals surface area (Å²) < 4.78 is 0. The monoisotopic (exact) mass is 281 g/mol. The lowest BCUT2D eigenvalue weighted by molar-refractivity contribution is 0.0840. The Kier molecular flexibility index (Phi) is 4.85. The van der Waals surface area contributed by atoms with Crippen molar-refractivity contribution in [1.82, 2.24) is 10.3 Å². The summed E-state index contributed by atoms with van der Waals surface area (Å²) in [7, 11) is 0. The largest absolute Gasteiger partial charge is 0.296 e. The molecule has 1 saturated heterocycles. The molecule has 1 aromatic carbocycles. The number of hydrazine groups is 1. The van der Waals surface area contributed by atoms with E-state index in [1.165, 1.54) is 12.8 Å². The van der Waals surface area contributed by atoms with E-state index in [9.17, 15) is 0 Å². The normalized spacial score (nSPS) is 21.3. The first kappa shape index (κ1) is 14.8. The maximum atomic E-state index is 6.35. The van der Waals surface area contributed by atoms with Gasteiger partial charge in [-0.3, -0.25) is 16.2 Å². The van der Waals surface area contributed by atoms with Crippen molar-refractivity contribution in [2.24, 2.45) is 5.84 Å². The average Bonchev–Trinajstić information content (AvgIpc) is 2.96. The zero-order valence-corrected chi connectivity index (χ0v) is 12.6.